The monoisotopic (exact) mass is 310 g/mol. The third-order valence-electron chi connectivity index (χ3n) is 3.77. The van der Waals surface area contributed by atoms with E-state index in [0.29, 0.717) is 0 Å². The summed E-state index contributed by atoms with van der Waals surface area (Å²) in [5, 5.41) is 2.91. The summed E-state index contributed by atoms with van der Waals surface area (Å²) in [6.07, 6.45) is 0. The van der Waals surface area contributed by atoms with Crippen molar-refractivity contribution in [3.8, 4) is 0 Å². The van der Waals surface area contributed by atoms with Gasteiger partial charge in [0.2, 0.25) is 11.8 Å². The van der Waals surface area contributed by atoms with Crippen LogP contribution in [0.25, 0.3) is 0 Å². The summed E-state index contributed by atoms with van der Waals surface area (Å²) in [4.78, 5) is 25.7. The van der Waals surface area contributed by atoms with E-state index in [2.05, 4.69) is 5.32 Å². The SMILES string of the molecule is CC(=O)N(CC(=O)Nc1c(C)cccc1C)c1ccc(C)cc1. The molecule has 0 fully saturated rings. The van der Waals surface area contributed by atoms with Crippen LogP contribution >= 0.6 is 0 Å². The van der Waals surface area contributed by atoms with E-state index in [4.69, 9.17) is 0 Å². The normalized spacial score (nSPS) is 10.3. The summed E-state index contributed by atoms with van der Waals surface area (Å²) in [7, 11) is 0. The first-order valence-corrected chi connectivity index (χ1v) is 7.59. The molecule has 2 aromatic rings. The Labute approximate surface area is 137 Å². The van der Waals surface area contributed by atoms with Gasteiger partial charge in [-0.1, -0.05) is 35.9 Å². The molecule has 4 nitrogen and oxygen atoms in total. The summed E-state index contributed by atoms with van der Waals surface area (Å²) in [5.41, 5.74) is 4.65. The molecule has 0 atom stereocenters. The maximum Gasteiger partial charge on any atom is 0.244 e. The van der Waals surface area contributed by atoms with Crippen molar-refractivity contribution in [2.24, 2.45) is 0 Å². The second-order valence-electron chi connectivity index (χ2n) is 5.76. The molecule has 23 heavy (non-hydrogen) atoms. The molecule has 0 aromatic heterocycles. The van der Waals surface area contributed by atoms with Crippen molar-refractivity contribution < 1.29 is 9.59 Å². The van der Waals surface area contributed by atoms with Gasteiger partial charge in [-0.05, 0) is 44.0 Å². The van der Waals surface area contributed by atoms with Crippen LogP contribution in [0.3, 0.4) is 0 Å². The number of amides is 2. The van der Waals surface area contributed by atoms with E-state index in [9.17, 15) is 9.59 Å². The average Bonchev–Trinajstić information content (AvgIpc) is 2.49. The second kappa shape index (κ2) is 7.09. The highest BCUT2D eigenvalue weighted by Gasteiger charge is 2.16. The Morgan fingerprint density at radius 2 is 1.52 bits per heavy atom. The van der Waals surface area contributed by atoms with Gasteiger partial charge in [0.1, 0.15) is 6.54 Å². The zero-order chi connectivity index (χ0) is 17.0. The summed E-state index contributed by atoms with van der Waals surface area (Å²) < 4.78 is 0. The molecule has 0 heterocycles. The number of aryl methyl sites for hydroxylation is 3. The number of hydrogen-bond acceptors (Lipinski definition) is 2. The zero-order valence-corrected chi connectivity index (χ0v) is 14.0. The first-order valence-electron chi connectivity index (χ1n) is 7.59. The van der Waals surface area contributed by atoms with Crippen molar-refractivity contribution in [2.75, 3.05) is 16.8 Å². The van der Waals surface area contributed by atoms with Gasteiger partial charge in [-0.3, -0.25) is 9.59 Å². The van der Waals surface area contributed by atoms with Gasteiger partial charge in [-0.15, -0.1) is 0 Å². The van der Waals surface area contributed by atoms with Crippen LogP contribution in [0, 0.1) is 20.8 Å². The molecule has 120 valence electrons. The quantitative estimate of drug-likeness (QED) is 0.938. The number of carbonyl (C=O) groups is 2. The van der Waals surface area contributed by atoms with E-state index in [1.54, 1.807) is 0 Å². The molecule has 0 aliphatic carbocycles. The van der Waals surface area contributed by atoms with Crippen molar-refractivity contribution in [1.29, 1.82) is 0 Å². The average molecular weight is 310 g/mol. The van der Waals surface area contributed by atoms with Crippen LogP contribution in [0.5, 0.6) is 0 Å². The maximum atomic E-state index is 12.4. The summed E-state index contributed by atoms with van der Waals surface area (Å²) in [6.45, 7) is 7.34. The molecule has 0 aliphatic rings. The largest absolute Gasteiger partial charge is 0.324 e. The molecule has 2 rings (SSSR count). The van der Waals surface area contributed by atoms with Gasteiger partial charge in [0.15, 0.2) is 0 Å². The van der Waals surface area contributed by atoms with Crippen molar-refractivity contribution in [3.63, 3.8) is 0 Å². The number of rotatable bonds is 4. The third-order valence-corrected chi connectivity index (χ3v) is 3.77. The van der Waals surface area contributed by atoms with E-state index in [1.807, 2.05) is 63.2 Å². The van der Waals surface area contributed by atoms with Gasteiger partial charge < -0.3 is 10.2 Å². The van der Waals surface area contributed by atoms with Gasteiger partial charge in [-0.2, -0.15) is 0 Å². The standard InChI is InChI=1S/C19H22N2O2/c1-13-8-10-17(11-9-13)21(16(4)22)12-18(23)20-19-14(2)6-5-7-15(19)3/h5-11H,12H2,1-4H3,(H,20,23). The van der Waals surface area contributed by atoms with Crippen LogP contribution in [0.2, 0.25) is 0 Å². The Hall–Kier alpha value is -2.62. The van der Waals surface area contributed by atoms with Crippen LogP contribution in [-0.4, -0.2) is 18.4 Å². The number of nitrogens with zero attached hydrogens (tertiary/aromatic N) is 1. The lowest BCUT2D eigenvalue weighted by molar-refractivity contribution is -0.120. The smallest absolute Gasteiger partial charge is 0.244 e. The molecule has 0 saturated carbocycles. The molecule has 0 bridgehead atoms. The lowest BCUT2D eigenvalue weighted by Crippen LogP contribution is -2.36. The molecule has 0 spiro atoms. The van der Waals surface area contributed by atoms with E-state index in [1.165, 1.54) is 11.8 Å². The predicted octanol–water partition coefficient (Wildman–Crippen LogP) is 3.60. The summed E-state index contributed by atoms with van der Waals surface area (Å²) in [6, 6.07) is 13.4. The minimum atomic E-state index is -0.210. The number of para-hydroxylation sites is 1. The summed E-state index contributed by atoms with van der Waals surface area (Å²) >= 11 is 0. The number of benzene rings is 2. The molecule has 4 heteroatoms. The second-order valence-corrected chi connectivity index (χ2v) is 5.76. The highest BCUT2D eigenvalue weighted by atomic mass is 16.2. The molecular weight excluding hydrogens is 288 g/mol. The Morgan fingerprint density at radius 1 is 0.957 bits per heavy atom. The maximum absolute atomic E-state index is 12.4. The third kappa shape index (κ3) is 4.19. The highest BCUT2D eigenvalue weighted by molar-refractivity contribution is 6.02. The van der Waals surface area contributed by atoms with Crippen LogP contribution in [0.4, 0.5) is 11.4 Å². The minimum absolute atomic E-state index is 0.00777. The minimum Gasteiger partial charge on any atom is -0.324 e. The number of nitrogens with one attached hydrogen (secondary N) is 1. The van der Waals surface area contributed by atoms with E-state index in [-0.39, 0.29) is 18.4 Å². The summed E-state index contributed by atoms with van der Waals surface area (Å²) in [5.74, 6) is -0.372. The van der Waals surface area contributed by atoms with E-state index < -0.39 is 0 Å². The fourth-order valence-corrected chi connectivity index (χ4v) is 2.44. The van der Waals surface area contributed by atoms with Crippen molar-refractivity contribution in [3.05, 3.63) is 59.2 Å². The fraction of sp³-hybridized carbons (Fsp3) is 0.263. The predicted molar refractivity (Wildman–Crippen MR) is 93.8 cm³/mol. The molecular formula is C19H22N2O2. The molecule has 0 aliphatic heterocycles. The van der Waals surface area contributed by atoms with Crippen LogP contribution in [0.15, 0.2) is 42.5 Å². The van der Waals surface area contributed by atoms with Gasteiger partial charge in [0.25, 0.3) is 0 Å². The van der Waals surface area contributed by atoms with Gasteiger partial charge >= 0.3 is 0 Å². The van der Waals surface area contributed by atoms with Crippen molar-refractivity contribution in [1.82, 2.24) is 0 Å². The van der Waals surface area contributed by atoms with Gasteiger partial charge in [0.05, 0.1) is 0 Å². The van der Waals surface area contributed by atoms with E-state index >= 15 is 0 Å². The van der Waals surface area contributed by atoms with Gasteiger partial charge in [0, 0.05) is 18.3 Å². The molecule has 0 radical (unpaired) electrons. The molecule has 2 amide bonds. The first-order chi connectivity index (χ1) is 10.9. The Kier molecular flexibility index (Phi) is 5.16. The van der Waals surface area contributed by atoms with Crippen molar-refractivity contribution >= 4 is 23.2 Å². The van der Waals surface area contributed by atoms with E-state index in [0.717, 1.165) is 28.1 Å². The zero-order valence-electron chi connectivity index (χ0n) is 14.0. The Bertz CT molecular complexity index is 700. The number of anilines is 2. The molecule has 0 saturated heterocycles. The first kappa shape index (κ1) is 16.7. The fourth-order valence-electron chi connectivity index (χ4n) is 2.44. The molecule has 2 aromatic carbocycles. The topological polar surface area (TPSA) is 49.4 Å². The number of hydrogen-bond donors (Lipinski definition) is 1. The Balaban J connectivity index is 2.16. The Morgan fingerprint density at radius 3 is 2.04 bits per heavy atom. The lowest BCUT2D eigenvalue weighted by Gasteiger charge is -2.21. The molecule has 0 unspecified atom stereocenters. The van der Waals surface area contributed by atoms with Crippen LogP contribution < -0.4 is 10.2 Å². The number of carbonyl (C=O) groups excluding carboxylic acids is 2. The van der Waals surface area contributed by atoms with Crippen LogP contribution in [-0.2, 0) is 9.59 Å². The van der Waals surface area contributed by atoms with Crippen molar-refractivity contribution in [2.45, 2.75) is 27.7 Å². The highest BCUT2D eigenvalue weighted by Crippen LogP contribution is 2.20. The van der Waals surface area contributed by atoms with Gasteiger partial charge in [-0.25, -0.2) is 0 Å². The lowest BCUT2D eigenvalue weighted by atomic mass is 10.1. The molecule has 1 N–H and O–H groups in total. The van der Waals surface area contributed by atoms with Crippen LogP contribution in [0.1, 0.15) is 23.6 Å².